The second-order valence-corrected chi connectivity index (χ2v) is 5.17. The summed E-state index contributed by atoms with van der Waals surface area (Å²) in [7, 11) is 0. The smallest absolute Gasteiger partial charge is 0.385 e. The van der Waals surface area contributed by atoms with Crippen LogP contribution in [0, 0.1) is 5.92 Å². The Kier molecular flexibility index (Phi) is 3.42. The first-order valence-electron chi connectivity index (χ1n) is 5.22. The van der Waals surface area contributed by atoms with E-state index in [2.05, 4.69) is 4.98 Å². The number of ether oxygens (including phenoxy) is 1. The molecule has 3 unspecified atom stereocenters. The van der Waals surface area contributed by atoms with Gasteiger partial charge in [-0.3, -0.25) is 0 Å². The van der Waals surface area contributed by atoms with Gasteiger partial charge in [0.25, 0.3) is 0 Å². The molecule has 2 rings (SSSR count). The molecule has 17 heavy (non-hydrogen) atoms. The molecule has 0 radical (unpaired) electrons. The minimum absolute atomic E-state index is 0.140. The summed E-state index contributed by atoms with van der Waals surface area (Å²) in [6.07, 6.45) is -4.03. The lowest BCUT2D eigenvalue weighted by molar-refractivity contribution is -0.137. The molecule has 3 nitrogen and oxygen atoms in total. The molecule has 0 amide bonds. The fourth-order valence-corrected chi connectivity index (χ4v) is 2.64. The summed E-state index contributed by atoms with van der Waals surface area (Å²) in [5.74, 6) is 0.140. The second kappa shape index (κ2) is 4.55. The Labute approximate surface area is 100 Å². The first-order chi connectivity index (χ1) is 7.89. The normalized spacial score (nSPS) is 27.4. The number of rotatable bonds is 2. The topological polar surface area (TPSA) is 42.4 Å². The number of aromatic nitrogens is 1. The van der Waals surface area contributed by atoms with Crippen LogP contribution < -0.4 is 0 Å². The zero-order valence-electron chi connectivity index (χ0n) is 9.07. The number of aliphatic hydroxyl groups is 1. The molecule has 0 aliphatic carbocycles. The fraction of sp³-hybridized carbons (Fsp3) is 0.700. The Hall–Kier alpha value is -0.660. The van der Waals surface area contributed by atoms with Gasteiger partial charge in [0.1, 0.15) is 6.10 Å². The average Bonchev–Trinajstić information content (AvgIpc) is 2.83. The number of hydrogen-bond donors (Lipinski definition) is 1. The van der Waals surface area contributed by atoms with Crippen LogP contribution in [-0.4, -0.2) is 22.8 Å². The second-order valence-electron chi connectivity index (χ2n) is 4.11. The highest BCUT2D eigenvalue weighted by Gasteiger charge is 2.37. The van der Waals surface area contributed by atoms with Gasteiger partial charge in [-0.05, 0) is 12.3 Å². The molecule has 0 saturated carbocycles. The van der Waals surface area contributed by atoms with Crippen LogP contribution in [0.3, 0.4) is 0 Å². The molecule has 2 heterocycles. The van der Waals surface area contributed by atoms with Crippen molar-refractivity contribution in [2.24, 2.45) is 5.92 Å². The number of halogens is 3. The van der Waals surface area contributed by atoms with E-state index in [1.807, 2.05) is 6.92 Å². The van der Waals surface area contributed by atoms with E-state index in [1.165, 1.54) is 0 Å². The van der Waals surface area contributed by atoms with Crippen molar-refractivity contribution in [2.45, 2.75) is 31.7 Å². The van der Waals surface area contributed by atoms with Crippen LogP contribution in [0.2, 0.25) is 0 Å². The molecule has 1 aliphatic rings. The molecule has 1 aromatic heterocycles. The van der Waals surface area contributed by atoms with Gasteiger partial charge in [0, 0.05) is 12.8 Å². The molecule has 3 atom stereocenters. The summed E-state index contributed by atoms with van der Waals surface area (Å²) in [5, 5.41) is 9.01. The zero-order valence-corrected chi connectivity index (χ0v) is 9.88. The summed E-state index contributed by atoms with van der Waals surface area (Å²) >= 11 is 0.471. The molecule has 0 aromatic carbocycles. The van der Waals surface area contributed by atoms with Gasteiger partial charge >= 0.3 is 6.18 Å². The number of alkyl halides is 3. The third kappa shape index (κ3) is 2.61. The predicted octanol–water partition coefficient (Wildman–Crippen LogP) is 2.62. The molecule has 1 N–H and O–H groups in total. The summed E-state index contributed by atoms with van der Waals surface area (Å²) in [6, 6.07) is 0. The van der Waals surface area contributed by atoms with E-state index < -0.39 is 23.4 Å². The Morgan fingerprint density at radius 3 is 2.76 bits per heavy atom. The number of nitrogens with zero attached hydrogens (tertiary/aromatic N) is 1. The molecule has 0 spiro atoms. The van der Waals surface area contributed by atoms with Gasteiger partial charge in [-0.15, -0.1) is 11.3 Å². The van der Waals surface area contributed by atoms with Gasteiger partial charge in [0.05, 0.1) is 11.0 Å². The van der Waals surface area contributed by atoms with Crippen molar-refractivity contribution in [2.75, 3.05) is 6.61 Å². The Balaban J connectivity index is 2.14. The minimum Gasteiger partial charge on any atom is -0.385 e. The largest absolute Gasteiger partial charge is 0.443 e. The van der Waals surface area contributed by atoms with Crippen LogP contribution in [0.25, 0.3) is 0 Å². The van der Waals surface area contributed by atoms with Gasteiger partial charge in [0.2, 0.25) is 0 Å². The first kappa shape index (κ1) is 12.8. The van der Waals surface area contributed by atoms with E-state index in [0.717, 1.165) is 12.6 Å². The Morgan fingerprint density at radius 2 is 2.29 bits per heavy atom. The lowest BCUT2D eigenvalue weighted by Gasteiger charge is -2.19. The molecular formula is C10H12F3NO2S. The van der Waals surface area contributed by atoms with Gasteiger partial charge in [-0.2, -0.15) is 13.2 Å². The van der Waals surface area contributed by atoms with E-state index in [9.17, 15) is 18.3 Å². The van der Waals surface area contributed by atoms with E-state index in [4.69, 9.17) is 4.74 Å². The third-order valence-electron chi connectivity index (χ3n) is 2.81. The summed E-state index contributed by atoms with van der Waals surface area (Å²) < 4.78 is 42.4. The minimum atomic E-state index is -4.45. The SMILES string of the molecule is CC1CCOC1C(O)c1cnc(C(F)(F)F)s1. The molecule has 0 bridgehead atoms. The highest BCUT2D eigenvalue weighted by molar-refractivity contribution is 7.11. The Morgan fingerprint density at radius 1 is 1.59 bits per heavy atom. The monoisotopic (exact) mass is 267 g/mol. The number of thiazole rings is 1. The molecule has 7 heteroatoms. The van der Waals surface area contributed by atoms with Crippen LogP contribution in [0.5, 0.6) is 0 Å². The predicted molar refractivity (Wildman–Crippen MR) is 55.6 cm³/mol. The number of hydrogen-bond acceptors (Lipinski definition) is 4. The third-order valence-corrected chi connectivity index (χ3v) is 3.93. The van der Waals surface area contributed by atoms with Crippen molar-refractivity contribution < 1.29 is 23.0 Å². The zero-order chi connectivity index (χ0) is 12.6. The van der Waals surface area contributed by atoms with Crippen molar-refractivity contribution in [1.82, 2.24) is 4.98 Å². The van der Waals surface area contributed by atoms with Crippen LogP contribution in [0.1, 0.15) is 29.3 Å². The van der Waals surface area contributed by atoms with Gasteiger partial charge < -0.3 is 9.84 Å². The fourth-order valence-electron chi connectivity index (χ4n) is 1.84. The molecule has 1 saturated heterocycles. The van der Waals surface area contributed by atoms with Crippen molar-refractivity contribution in [3.63, 3.8) is 0 Å². The van der Waals surface area contributed by atoms with Crippen LogP contribution in [-0.2, 0) is 10.9 Å². The standard InChI is InChI=1S/C10H12F3NO2S/c1-5-2-3-16-8(5)7(15)6-4-14-9(17-6)10(11,12)13/h4-5,7-8,15H,2-3H2,1H3. The van der Waals surface area contributed by atoms with E-state index in [1.54, 1.807) is 0 Å². The molecule has 1 aromatic rings. The van der Waals surface area contributed by atoms with Crippen molar-refractivity contribution in [3.8, 4) is 0 Å². The van der Waals surface area contributed by atoms with E-state index in [-0.39, 0.29) is 10.8 Å². The lowest BCUT2D eigenvalue weighted by Crippen LogP contribution is -2.22. The summed E-state index contributed by atoms with van der Waals surface area (Å²) in [5.41, 5.74) is 0. The van der Waals surface area contributed by atoms with Crippen LogP contribution >= 0.6 is 11.3 Å². The average molecular weight is 267 g/mol. The lowest BCUT2D eigenvalue weighted by atomic mass is 9.99. The summed E-state index contributed by atoms with van der Waals surface area (Å²) in [6.45, 7) is 2.44. The quantitative estimate of drug-likeness (QED) is 0.895. The Bertz CT molecular complexity index is 393. The molecule has 1 aliphatic heterocycles. The maximum atomic E-state index is 12.4. The number of aliphatic hydroxyl groups excluding tert-OH is 1. The molecule has 1 fully saturated rings. The van der Waals surface area contributed by atoms with Gasteiger partial charge in [0.15, 0.2) is 5.01 Å². The molecule has 96 valence electrons. The van der Waals surface area contributed by atoms with Gasteiger partial charge in [-0.25, -0.2) is 4.98 Å². The molecular weight excluding hydrogens is 255 g/mol. The maximum Gasteiger partial charge on any atom is 0.443 e. The highest BCUT2D eigenvalue weighted by atomic mass is 32.1. The van der Waals surface area contributed by atoms with E-state index in [0.29, 0.717) is 17.9 Å². The first-order valence-corrected chi connectivity index (χ1v) is 6.04. The van der Waals surface area contributed by atoms with Crippen LogP contribution in [0.4, 0.5) is 13.2 Å². The summed E-state index contributed by atoms with van der Waals surface area (Å²) in [4.78, 5) is 3.49. The van der Waals surface area contributed by atoms with Gasteiger partial charge in [-0.1, -0.05) is 6.92 Å². The van der Waals surface area contributed by atoms with E-state index >= 15 is 0 Å². The highest BCUT2D eigenvalue weighted by Crippen LogP contribution is 2.38. The van der Waals surface area contributed by atoms with Crippen molar-refractivity contribution >= 4 is 11.3 Å². The maximum absolute atomic E-state index is 12.4. The van der Waals surface area contributed by atoms with Crippen molar-refractivity contribution in [1.29, 1.82) is 0 Å². The van der Waals surface area contributed by atoms with Crippen molar-refractivity contribution in [3.05, 3.63) is 16.1 Å². The van der Waals surface area contributed by atoms with Crippen LogP contribution in [0.15, 0.2) is 6.20 Å².